The van der Waals surface area contributed by atoms with Crippen LogP contribution in [0.2, 0.25) is 5.02 Å². The van der Waals surface area contributed by atoms with Crippen molar-refractivity contribution >= 4 is 38.3 Å². The maximum atomic E-state index is 14.2. The monoisotopic (exact) mass is 721 g/mol. The Morgan fingerprint density at radius 2 is 1.84 bits per heavy atom. The first-order valence-electron chi connectivity index (χ1n) is 16.1. The molecule has 3 heterocycles. The van der Waals surface area contributed by atoms with E-state index in [0.29, 0.717) is 74.3 Å². The van der Waals surface area contributed by atoms with Crippen LogP contribution < -0.4 is 16.2 Å². The fourth-order valence-electron chi connectivity index (χ4n) is 5.13. The molecule has 3 N–H and O–H groups in total. The highest BCUT2D eigenvalue weighted by molar-refractivity contribution is 7.17. The molecule has 0 saturated carbocycles. The first-order valence-corrected chi connectivity index (χ1v) is 17.1. The number of nitrogens with zero attached hydrogens (tertiary/aromatic N) is 6. The van der Waals surface area contributed by atoms with Crippen LogP contribution >= 0.6 is 20.8 Å². The van der Waals surface area contributed by atoms with Crippen LogP contribution in [0.25, 0.3) is 0 Å². The Hall–Kier alpha value is -4.00. The average Bonchev–Trinajstić information content (AvgIpc) is 3.61. The zero-order valence-electron chi connectivity index (χ0n) is 28.6. The van der Waals surface area contributed by atoms with Gasteiger partial charge in [0, 0.05) is 50.2 Å². The summed E-state index contributed by atoms with van der Waals surface area (Å²) >= 11 is 6.27. The lowest BCUT2D eigenvalue weighted by Gasteiger charge is -2.38. The topological polar surface area (TPSA) is 120 Å². The van der Waals surface area contributed by atoms with Crippen molar-refractivity contribution in [3.05, 3.63) is 89.0 Å². The Balaban J connectivity index is 0.00000319. The molecular weight excluding hydrogens is 675 g/mol. The number of aromatic nitrogens is 3. The number of benzene rings is 1. The summed E-state index contributed by atoms with van der Waals surface area (Å²) in [5, 5.41) is 7.15. The lowest BCUT2D eigenvalue weighted by molar-refractivity contribution is -0.133. The second kappa shape index (κ2) is 18.7. The second-order valence-corrected chi connectivity index (χ2v) is 12.3. The molecule has 268 valence electrons. The number of alkyl halides is 2. The number of halogens is 3. The molecule has 1 atom stereocenters. The minimum Gasteiger partial charge on any atom is -0.377 e. The largest absolute Gasteiger partial charge is 0.377 e. The van der Waals surface area contributed by atoms with Gasteiger partial charge in [-0.3, -0.25) is 9.59 Å². The van der Waals surface area contributed by atoms with Crippen molar-refractivity contribution in [1.29, 1.82) is 0 Å². The molecule has 2 aromatic rings. The Morgan fingerprint density at radius 1 is 1.14 bits per heavy atom. The molecule has 0 aliphatic carbocycles. The number of rotatable bonds is 14. The van der Waals surface area contributed by atoms with Gasteiger partial charge in [0.25, 0.3) is 11.6 Å². The molecule has 1 aromatic heterocycles. The molecular formula is C33H47ClF2N9O3P. The summed E-state index contributed by atoms with van der Waals surface area (Å²) in [7, 11) is 3.14. The molecule has 16 heteroatoms. The van der Waals surface area contributed by atoms with Gasteiger partial charge in [-0.15, -0.1) is 0 Å². The number of hydrazine groups is 1. The third-order valence-electron chi connectivity index (χ3n) is 7.71. The highest BCUT2D eigenvalue weighted by Crippen LogP contribution is 2.37. The fraction of sp³-hybridized carbons (Fsp3) is 0.455. The van der Waals surface area contributed by atoms with E-state index in [-0.39, 0.29) is 35.5 Å². The van der Waals surface area contributed by atoms with Crippen LogP contribution in [-0.4, -0.2) is 94.3 Å². The summed E-state index contributed by atoms with van der Waals surface area (Å²) in [5.41, 5.74) is 6.65. The van der Waals surface area contributed by atoms with E-state index in [2.05, 4.69) is 39.4 Å². The van der Waals surface area contributed by atoms with Crippen LogP contribution in [0.4, 0.5) is 14.5 Å². The van der Waals surface area contributed by atoms with Crippen molar-refractivity contribution in [3.63, 3.8) is 0 Å². The number of ether oxygens (including phenoxy) is 1. The summed E-state index contributed by atoms with van der Waals surface area (Å²) in [5.74, 6) is -0.363. The standard InChI is InChI=1S/C31H41ClF2N9O3P.C2H6/c1-5-26(39-38-22(3)23-8-14-46-15-9-23)29(42-12-10-41(11-13-42)28(44)18-43-20-35-19-36-43)30(45)40(4)17-21(2)37-27-7-6-24(16-25(27)32)31(33,34)47;1-2/h6-8,16,19-20,37-39H,2-3,5,9-15,17-18,47H2,1,4H3;1-2H3/b29-26+;. The molecule has 2 aliphatic heterocycles. The van der Waals surface area contributed by atoms with E-state index >= 15 is 0 Å². The number of allylic oxidation sites excluding steroid dienone is 2. The number of carbonyl (C=O) groups is 2. The Bertz CT molecular complexity index is 1520. The number of amides is 2. The highest BCUT2D eigenvalue weighted by Gasteiger charge is 2.30. The molecule has 1 fully saturated rings. The molecule has 1 aromatic carbocycles. The quantitative estimate of drug-likeness (QED) is 0.145. The smallest absolute Gasteiger partial charge is 0.283 e. The number of hydrogen-bond acceptors (Lipinski definition) is 9. The number of nitrogens with one attached hydrogen (secondary N) is 3. The van der Waals surface area contributed by atoms with Crippen molar-refractivity contribution in [2.24, 2.45) is 0 Å². The minimum absolute atomic E-state index is 0.0841. The van der Waals surface area contributed by atoms with Crippen LogP contribution in [0.3, 0.4) is 0 Å². The van der Waals surface area contributed by atoms with Gasteiger partial charge in [-0.2, -0.15) is 13.9 Å². The summed E-state index contributed by atoms with van der Waals surface area (Å²) in [6, 6.07) is 3.91. The summed E-state index contributed by atoms with van der Waals surface area (Å²) < 4.78 is 34.3. The van der Waals surface area contributed by atoms with Gasteiger partial charge in [-0.1, -0.05) is 66.9 Å². The van der Waals surface area contributed by atoms with Crippen molar-refractivity contribution in [1.82, 2.24) is 40.3 Å². The van der Waals surface area contributed by atoms with Crippen LogP contribution in [-0.2, 0) is 26.5 Å². The highest BCUT2D eigenvalue weighted by atomic mass is 35.5. The summed E-state index contributed by atoms with van der Waals surface area (Å²) in [6.45, 7) is 17.1. The first-order chi connectivity index (χ1) is 23.4. The average molecular weight is 722 g/mol. The van der Waals surface area contributed by atoms with Crippen LogP contribution in [0.1, 0.15) is 39.2 Å². The number of likely N-dealkylation sites (N-methyl/N-ethyl adjacent to an activating group) is 1. The van der Waals surface area contributed by atoms with Gasteiger partial charge in [-0.25, -0.2) is 9.67 Å². The van der Waals surface area contributed by atoms with Gasteiger partial charge >= 0.3 is 0 Å². The predicted octanol–water partition coefficient (Wildman–Crippen LogP) is 4.69. The number of carbonyl (C=O) groups excluding carboxylic acids is 2. The zero-order chi connectivity index (χ0) is 36.1. The van der Waals surface area contributed by atoms with Crippen molar-refractivity contribution < 1.29 is 23.1 Å². The Morgan fingerprint density at radius 3 is 2.41 bits per heavy atom. The SMILES string of the molecule is C=C(CN(C)C(=O)/C(=C(/CC)NNC(=C)C1=CCOCC1)N1CCN(C(=O)Cn2cncn2)CC1)Nc1ccc(C(F)(F)P)cc1Cl.CC. The van der Waals surface area contributed by atoms with Crippen LogP contribution in [0.15, 0.2) is 78.4 Å². The number of hydrogen-bond donors (Lipinski definition) is 3. The summed E-state index contributed by atoms with van der Waals surface area (Å²) in [6.07, 6.45) is 6.06. The maximum absolute atomic E-state index is 14.2. The van der Waals surface area contributed by atoms with Gasteiger partial charge in [0.15, 0.2) is 0 Å². The van der Waals surface area contributed by atoms with E-state index in [0.717, 1.165) is 12.0 Å². The molecule has 12 nitrogen and oxygen atoms in total. The molecule has 2 amide bonds. The molecule has 0 spiro atoms. The van der Waals surface area contributed by atoms with Crippen molar-refractivity contribution in [3.8, 4) is 0 Å². The summed E-state index contributed by atoms with van der Waals surface area (Å²) in [4.78, 5) is 36.2. The van der Waals surface area contributed by atoms with E-state index in [4.69, 9.17) is 16.3 Å². The lowest BCUT2D eigenvalue weighted by Crippen LogP contribution is -2.52. The van der Waals surface area contributed by atoms with Gasteiger partial charge in [-0.05, 0) is 30.5 Å². The number of anilines is 1. The third kappa shape index (κ3) is 11.3. The van der Waals surface area contributed by atoms with Gasteiger partial charge < -0.3 is 35.6 Å². The molecule has 1 saturated heterocycles. The molecule has 4 rings (SSSR count). The van der Waals surface area contributed by atoms with Crippen LogP contribution in [0.5, 0.6) is 0 Å². The number of piperazine rings is 1. The van der Waals surface area contributed by atoms with E-state index in [1.165, 1.54) is 49.7 Å². The minimum atomic E-state index is -3.11. The third-order valence-corrected chi connectivity index (χ3v) is 8.36. The normalized spacial score (nSPS) is 15.2. The van der Waals surface area contributed by atoms with Gasteiger partial charge in [0.2, 0.25) is 5.91 Å². The van der Waals surface area contributed by atoms with E-state index in [1.807, 2.05) is 31.7 Å². The van der Waals surface area contributed by atoms with Crippen molar-refractivity contribution in [2.75, 3.05) is 58.3 Å². The molecule has 49 heavy (non-hydrogen) atoms. The zero-order valence-corrected chi connectivity index (χ0v) is 30.5. The van der Waals surface area contributed by atoms with Crippen LogP contribution in [0, 0.1) is 0 Å². The van der Waals surface area contributed by atoms with E-state index < -0.39 is 5.66 Å². The lowest BCUT2D eigenvalue weighted by atomic mass is 10.1. The molecule has 2 aliphatic rings. The second-order valence-electron chi connectivity index (χ2n) is 11.1. The Kier molecular flexibility index (Phi) is 15.0. The predicted molar refractivity (Wildman–Crippen MR) is 191 cm³/mol. The van der Waals surface area contributed by atoms with Gasteiger partial charge in [0.1, 0.15) is 24.9 Å². The van der Waals surface area contributed by atoms with E-state index in [9.17, 15) is 18.4 Å². The van der Waals surface area contributed by atoms with Gasteiger partial charge in [0.05, 0.1) is 36.2 Å². The maximum Gasteiger partial charge on any atom is 0.283 e. The molecule has 0 radical (unpaired) electrons. The first kappa shape index (κ1) is 39.4. The van der Waals surface area contributed by atoms with E-state index in [1.54, 1.807) is 11.9 Å². The van der Waals surface area contributed by atoms with Crippen molar-refractivity contribution in [2.45, 2.75) is 45.8 Å². The Labute approximate surface area is 294 Å². The molecule has 0 bridgehead atoms. The molecule has 1 unspecified atom stereocenters. The fourth-order valence-corrected chi connectivity index (χ4v) is 5.53.